The van der Waals surface area contributed by atoms with Crippen LogP contribution in [0.25, 0.3) is 33.7 Å². The summed E-state index contributed by atoms with van der Waals surface area (Å²) in [6.07, 6.45) is 0. The zero-order chi connectivity index (χ0) is 24.2. The number of thiocarbonyl (C=S) groups is 1. The second-order valence-electron chi connectivity index (χ2n) is 7.78. The molecular formula is C28H21N3O3S. The number of carbonyl (C=O) groups is 1. The third kappa shape index (κ3) is 5.05. The number of nitrogens with one attached hydrogen (secondary N) is 2. The lowest BCUT2D eigenvalue weighted by atomic mass is 10.0. The minimum absolute atomic E-state index is 0.186. The number of oxazole rings is 1. The predicted octanol–water partition coefficient (Wildman–Crippen LogP) is 6.30. The van der Waals surface area contributed by atoms with Crippen molar-refractivity contribution in [3.63, 3.8) is 0 Å². The lowest BCUT2D eigenvalue weighted by Crippen LogP contribution is -2.34. The standard InChI is InChI=1S/C28H21N3O3S/c1-33-23-14-11-20(12-15-23)26(32)31-28(35)29-22-13-16-25-24(17-22)30-27(34-25)21-9-7-19(8-10-21)18-5-3-2-4-6-18/h2-17H,1H3,(H2,29,31,32,35). The molecule has 0 aliphatic rings. The van der Waals surface area contributed by atoms with E-state index in [4.69, 9.17) is 21.4 Å². The number of hydrogen-bond donors (Lipinski definition) is 2. The summed E-state index contributed by atoms with van der Waals surface area (Å²) < 4.78 is 11.1. The third-order valence-corrected chi connectivity index (χ3v) is 5.67. The van der Waals surface area contributed by atoms with E-state index in [9.17, 15) is 4.79 Å². The molecule has 5 rings (SSSR count). The quantitative estimate of drug-likeness (QED) is 0.288. The van der Waals surface area contributed by atoms with Crippen LogP contribution in [0.4, 0.5) is 5.69 Å². The van der Waals surface area contributed by atoms with Gasteiger partial charge in [-0.25, -0.2) is 4.98 Å². The van der Waals surface area contributed by atoms with Gasteiger partial charge in [-0.3, -0.25) is 10.1 Å². The van der Waals surface area contributed by atoms with E-state index in [1.165, 1.54) is 0 Å². The third-order valence-electron chi connectivity index (χ3n) is 5.46. The highest BCUT2D eigenvalue weighted by molar-refractivity contribution is 7.80. The number of rotatable bonds is 5. The monoisotopic (exact) mass is 479 g/mol. The lowest BCUT2D eigenvalue weighted by Gasteiger charge is -2.09. The van der Waals surface area contributed by atoms with Crippen LogP contribution in [-0.4, -0.2) is 23.1 Å². The molecular weight excluding hydrogens is 458 g/mol. The van der Waals surface area contributed by atoms with Crippen molar-refractivity contribution in [2.45, 2.75) is 0 Å². The molecule has 1 amide bonds. The molecule has 0 atom stereocenters. The summed E-state index contributed by atoms with van der Waals surface area (Å²) in [6, 6.07) is 30.5. The van der Waals surface area contributed by atoms with Gasteiger partial charge in [-0.2, -0.15) is 0 Å². The van der Waals surface area contributed by atoms with Gasteiger partial charge in [0, 0.05) is 16.8 Å². The average Bonchev–Trinajstić information content (AvgIpc) is 3.33. The smallest absolute Gasteiger partial charge is 0.257 e. The van der Waals surface area contributed by atoms with E-state index in [0.717, 1.165) is 16.7 Å². The molecule has 35 heavy (non-hydrogen) atoms. The number of benzene rings is 4. The van der Waals surface area contributed by atoms with Crippen LogP contribution >= 0.6 is 12.2 Å². The van der Waals surface area contributed by atoms with Gasteiger partial charge in [-0.15, -0.1) is 0 Å². The van der Waals surface area contributed by atoms with Gasteiger partial charge in [0.1, 0.15) is 11.3 Å². The Morgan fingerprint density at radius 2 is 1.54 bits per heavy atom. The van der Waals surface area contributed by atoms with Crippen molar-refractivity contribution in [3.8, 4) is 28.3 Å². The van der Waals surface area contributed by atoms with Crippen LogP contribution in [0.15, 0.2) is 101 Å². The van der Waals surface area contributed by atoms with Crippen LogP contribution in [-0.2, 0) is 0 Å². The minimum atomic E-state index is -0.311. The predicted molar refractivity (Wildman–Crippen MR) is 142 cm³/mol. The van der Waals surface area contributed by atoms with Crippen molar-refractivity contribution >= 4 is 40.0 Å². The first-order chi connectivity index (χ1) is 17.1. The van der Waals surface area contributed by atoms with Crippen LogP contribution in [0.5, 0.6) is 5.75 Å². The summed E-state index contributed by atoms with van der Waals surface area (Å²) in [6.45, 7) is 0. The Hall–Kier alpha value is -4.49. The molecule has 0 aliphatic carbocycles. The topological polar surface area (TPSA) is 76.4 Å². The van der Waals surface area contributed by atoms with Crippen LogP contribution in [0, 0.1) is 0 Å². The average molecular weight is 480 g/mol. The summed E-state index contributed by atoms with van der Waals surface area (Å²) in [5, 5.41) is 5.89. The molecule has 5 aromatic rings. The Bertz CT molecular complexity index is 1490. The zero-order valence-corrected chi connectivity index (χ0v) is 19.6. The molecule has 1 aromatic heterocycles. The highest BCUT2D eigenvalue weighted by Crippen LogP contribution is 2.28. The normalized spacial score (nSPS) is 10.7. The van der Waals surface area contributed by atoms with Crippen molar-refractivity contribution in [3.05, 3.63) is 103 Å². The number of ether oxygens (including phenoxy) is 1. The van der Waals surface area contributed by atoms with E-state index in [-0.39, 0.29) is 11.0 Å². The first kappa shape index (κ1) is 22.3. The largest absolute Gasteiger partial charge is 0.497 e. The molecule has 0 saturated carbocycles. The molecule has 7 heteroatoms. The van der Waals surface area contributed by atoms with Gasteiger partial charge in [0.15, 0.2) is 10.7 Å². The highest BCUT2D eigenvalue weighted by atomic mass is 32.1. The molecule has 4 aromatic carbocycles. The number of nitrogens with zero attached hydrogens (tertiary/aromatic N) is 1. The van der Waals surface area contributed by atoms with E-state index in [2.05, 4.69) is 39.9 Å². The number of aromatic nitrogens is 1. The molecule has 0 fully saturated rings. The van der Waals surface area contributed by atoms with Crippen molar-refractivity contribution in [2.24, 2.45) is 0 Å². The van der Waals surface area contributed by atoms with E-state index in [0.29, 0.717) is 34.0 Å². The molecule has 0 radical (unpaired) electrons. The molecule has 0 saturated heterocycles. The first-order valence-corrected chi connectivity index (χ1v) is 11.3. The van der Waals surface area contributed by atoms with Gasteiger partial charge < -0.3 is 14.5 Å². The summed E-state index contributed by atoms with van der Waals surface area (Å²) >= 11 is 5.31. The van der Waals surface area contributed by atoms with Crippen molar-refractivity contribution in [1.82, 2.24) is 10.3 Å². The van der Waals surface area contributed by atoms with Gasteiger partial charge in [-0.05, 0) is 77.9 Å². The number of methoxy groups -OCH3 is 1. The molecule has 0 spiro atoms. The first-order valence-electron chi connectivity index (χ1n) is 10.9. The molecule has 0 unspecified atom stereocenters. The maximum Gasteiger partial charge on any atom is 0.257 e. The summed E-state index contributed by atoms with van der Waals surface area (Å²) in [7, 11) is 1.57. The fourth-order valence-corrected chi connectivity index (χ4v) is 3.86. The Balaban J connectivity index is 1.27. The van der Waals surface area contributed by atoms with Gasteiger partial charge in [0.25, 0.3) is 5.91 Å². The lowest BCUT2D eigenvalue weighted by molar-refractivity contribution is 0.0977. The summed E-state index contributed by atoms with van der Waals surface area (Å²) in [4.78, 5) is 17.1. The van der Waals surface area contributed by atoms with Crippen LogP contribution < -0.4 is 15.4 Å². The fraction of sp³-hybridized carbons (Fsp3) is 0.0357. The van der Waals surface area contributed by atoms with Crippen molar-refractivity contribution in [1.29, 1.82) is 0 Å². The number of anilines is 1. The van der Waals surface area contributed by atoms with Crippen LogP contribution in [0.3, 0.4) is 0 Å². The summed E-state index contributed by atoms with van der Waals surface area (Å²) in [5.41, 5.74) is 5.68. The SMILES string of the molecule is COc1ccc(C(=O)NC(=S)Nc2ccc3oc(-c4ccc(-c5ccccc5)cc4)nc3c2)cc1. The number of carbonyl (C=O) groups excluding carboxylic acids is 1. The molecule has 0 bridgehead atoms. The van der Waals surface area contributed by atoms with Gasteiger partial charge in [-0.1, -0.05) is 42.5 Å². The van der Waals surface area contributed by atoms with Gasteiger partial charge >= 0.3 is 0 Å². The van der Waals surface area contributed by atoms with E-state index < -0.39 is 0 Å². The molecule has 1 heterocycles. The van der Waals surface area contributed by atoms with Gasteiger partial charge in [0.05, 0.1) is 7.11 Å². The van der Waals surface area contributed by atoms with E-state index >= 15 is 0 Å². The Kier molecular flexibility index (Phi) is 6.24. The van der Waals surface area contributed by atoms with Gasteiger partial charge in [0.2, 0.25) is 5.89 Å². The Morgan fingerprint density at radius 1 is 0.857 bits per heavy atom. The van der Waals surface area contributed by atoms with Crippen molar-refractivity contribution < 1.29 is 13.9 Å². The molecule has 0 aliphatic heterocycles. The maximum absolute atomic E-state index is 12.4. The zero-order valence-electron chi connectivity index (χ0n) is 18.8. The number of amides is 1. The Labute approximate surface area is 207 Å². The second-order valence-corrected chi connectivity index (χ2v) is 8.19. The van der Waals surface area contributed by atoms with Crippen molar-refractivity contribution in [2.75, 3.05) is 12.4 Å². The Morgan fingerprint density at radius 3 is 2.26 bits per heavy atom. The van der Waals surface area contributed by atoms with Crippen LogP contribution in [0.2, 0.25) is 0 Å². The fourth-order valence-electron chi connectivity index (χ4n) is 3.64. The van der Waals surface area contributed by atoms with E-state index in [1.54, 1.807) is 31.4 Å². The summed E-state index contributed by atoms with van der Waals surface area (Å²) in [5.74, 6) is 0.899. The molecule has 6 nitrogen and oxygen atoms in total. The number of fused-ring (bicyclic) bond motifs is 1. The second kappa shape index (κ2) is 9.79. The highest BCUT2D eigenvalue weighted by Gasteiger charge is 2.12. The van der Waals surface area contributed by atoms with E-state index in [1.807, 2.05) is 48.5 Å². The minimum Gasteiger partial charge on any atom is -0.497 e. The van der Waals surface area contributed by atoms with Crippen LogP contribution in [0.1, 0.15) is 10.4 Å². The number of hydrogen-bond acceptors (Lipinski definition) is 5. The maximum atomic E-state index is 12.4. The molecule has 172 valence electrons. The molecule has 2 N–H and O–H groups in total.